The second kappa shape index (κ2) is 11.2. The van der Waals surface area contributed by atoms with Crippen molar-refractivity contribution in [1.82, 2.24) is 20.1 Å². The van der Waals surface area contributed by atoms with E-state index in [1.807, 2.05) is 11.0 Å². The van der Waals surface area contributed by atoms with Gasteiger partial charge in [-0.1, -0.05) is 26.0 Å². The smallest absolute Gasteiger partial charge is 0.241 e. The first-order valence-corrected chi connectivity index (χ1v) is 14.1. The van der Waals surface area contributed by atoms with Crippen molar-refractivity contribution in [3.05, 3.63) is 59.2 Å². The number of aliphatic hydroxyl groups excluding tert-OH is 1. The molecule has 8 nitrogen and oxygen atoms in total. The van der Waals surface area contributed by atoms with Gasteiger partial charge in [-0.3, -0.25) is 19.6 Å². The molecule has 2 aromatic rings. The van der Waals surface area contributed by atoms with E-state index in [0.29, 0.717) is 42.3 Å². The molecule has 4 heterocycles. The fourth-order valence-electron chi connectivity index (χ4n) is 6.26. The van der Waals surface area contributed by atoms with Crippen molar-refractivity contribution in [3.8, 4) is 0 Å². The topological polar surface area (TPSA) is 81.2 Å². The van der Waals surface area contributed by atoms with Crippen molar-refractivity contribution in [2.75, 3.05) is 50.8 Å². The van der Waals surface area contributed by atoms with E-state index in [1.54, 1.807) is 18.3 Å². The van der Waals surface area contributed by atoms with Crippen LogP contribution in [0.5, 0.6) is 0 Å². The zero-order valence-corrected chi connectivity index (χ0v) is 23.7. The van der Waals surface area contributed by atoms with E-state index in [1.165, 1.54) is 12.1 Å². The lowest BCUT2D eigenvalue weighted by molar-refractivity contribution is -0.121. The summed E-state index contributed by atoms with van der Waals surface area (Å²) in [7, 11) is 0. The molecule has 2 fully saturated rings. The van der Waals surface area contributed by atoms with Crippen molar-refractivity contribution < 1.29 is 19.0 Å². The van der Waals surface area contributed by atoms with Gasteiger partial charge in [-0.05, 0) is 44.5 Å². The van der Waals surface area contributed by atoms with Crippen LogP contribution in [-0.2, 0) is 14.9 Å². The summed E-state index contributed by atoms with van der Waals surface area (Å²) in [5.74, 6) is -0.311. The van der Waals surface area contributed by atoms with Crippen molar-refractivity contribution in [2.24, 2.45) is 0 Å². The SMILES string of the molecule is C[C@@H]1CN(CC(=O)N2CC(C)(C)c3ncc(C(O)c4ccc(F)cc4)cc32)[C@@H](CN2[C@H](C)COC[C@H]2C)CN1. The van der Waals surface area contributed by atoms with E-state index in [2.05, 4.69) is 49.7 Å². The fourth-order valence-corrected chi connectivity index (χ4v) is 6.26. The van der Waals surface area contributed by atoms with Gasteiger partial charge in [-0.15, -0.1) is 0 Å². The molecule has 2 saturated heterocycles. The lowest BCUT2D eigenvalue weighted by atomic mass is 9.90. The number of carbonyl (C=O) groups excluding carboxylic acids is 1. The molecular formula is C30H42FN5O3. The van der Waals surface area contributed by atoms with Crippen LogP contribution in [0.25, 0.3) is 0 Å². The van der Waals surface area contributed by atoms with E-state index in [9.17, 15) is 14.3 Å². The van der Waals surface area contributed by atoms with Gasteiger partial charge in [0.25, 0.3) is 0 Å². The van der Waals surface area contributed by atoms with Crippen molar-refractivity contribution in [1.29, 1.82) is 0 Å². The van der Waals surface area contributed by atoms with Crippen LogP contribution in [0.2, 0.25) is 0 Å². The fraction of sp³-hybridized carbons (Fsp3) is 0.600. The molecule has 0 radical (unpaired) electrons. The molecule has 0 saturated carbocycles. The maximum atomic E-state index is 13.9. The van der Waals surface area contributed by atoms with Crippen LogP contribution < -0.4 is 10.2 Å². The van der Waals surface area contributed by atoms with Gasteiger partial charge in [-0.25, -0.2) is 4.39 Å². The van der Waals surface area contributed by atoms with Gasteiger partial charge in [0.05, 0.1) is 31.1 Å². The Balaban J connectivity index is 1.36. The number of halogens is 1. The molecule has 212 valence electrons. The number of hydrogen-bond acceptors (Lipinski definition) is 7. The predicted molar refractivity (Wildman–Crippen MR) is 149 cm³/mol. The summed E-state index contributed by atoms with van der Waals surface area (Å²) in [6.45, 7) is 15.6. The number of benzene rings is 1. The van der Waals surface area contributed by atoms with Crippen LogP contribution in [0.1, 0.15) is 57.5 Å². The van der Waals surface area contributed by atoms with Crippen LogP contribution in [0.4, 0.5) is 10.1 Å². The summed E-state index contributed by atoms with van der Waals surface area (Å²) < 4.78 is 19.1. The molecule has 1 aromatic carbocycles. The number of fused-ring (bicyclic) bond motifs is 1. The molecule has 3 aliphatic heterocycles. The number of amides is 1. The molecular weight excluding hydrogens is 497 g/mol. The highest BCUT2D eigenvalue weighted by Gasteiger charge is 2.41. The quantitative estimate of drug-likeness (QED) is 0.584. The lowest BCUT2D eigenvalue weighted by Crippen LogP contribution is -2.63. The van der Waals surface area contributed by atoms with E-state index in [0.717, 1.165) is 44.2 Å². The number of anilines is 1. The third kappa shape index (κ3) is 5.88. The number of ether oxygens (including phenoxy) is 1. The molecule has 5 rings (SSSR count). The Morgan fingerprint density at radius 1 is 1.18 bits per heavy atom. The molecule has 0 bridgehead atoms. The average molecular weight is 540 g/mol. The largest absolute Gasteiger partial charge is 0.384 e. The van der Waals surface area contributed by atoms with E-state index in [4.69, 9.17) is 9.72 Å². The van der Waals surface area contributed by atoms with Gasteiger partial charge in [0, 0.05) is 67.5 Å². The Kier molecular flexibility index (Phi) is 8.08. The monoisotopic (exact) mass is 539 g/mol. The molecule has 39 heavy (non-hydrogen) atoms. The number of piperazine rings is 1. The number of aliphatic hydroxyl groups is 1. The van der Waals surface area contributed by atoms with Crippen LogP contribution in [0.15, 0.2) is 36.5 Å². The van der Waals surface area contributed by atoms with Gasteiger partial charge in [-0.2, -0.15) is 0 Å². The summed E-state index contributed by atoms with van der Waals surface area (Å²) in [4.78, 5) is 25.3. The molecule has 0 spiro atoms. The van der Waals surface area contributed by atoms with E-state index in [-0.39, 0.29) is 23.2 Å². The minimum atomic E-state index is -0.958. The summed E-state index contributed by atoms with van der Waals surface area (Å²) in [5, 5.41) is 14.6. The van der Waals surface area contributed by atoms with Crippen LogP contribution in [-0.4, -0.2) is 95.9 Å². The molecule has 1 aromatic heterocycles. The highest BCUT2D eigenvalue weighted by atomic mass is 19.1. The van der Waals surface area contributed by atoms with Gasteiger partial charge >= 0.3 is 0 Å². The van der Waals surface area contributed by atoms with Gasteiger partial charge < -0.3 is 20.1 Å². The summed E-state index contributed by atoms with van der Waals surface area (Å²) in [6, 6.07) is 8.89. The molecule has 9 heteroatoms. The first kappa shape index (κ1) is 28.1. The maximum absolute atomic E-state index is 13.9. The number of pyridine rings is 1. The number of hydrogen-bond donors (Lipinski definition) is 2. The molecule has 1 unspecified atom stereocenters. The maximum Gasteiger partial charge on any atom is 0.241 e. The number of nitrogens with zero attached hydrogens (tertiary/aromatic N) is 4. The Morgan fingerprint density at radius 3 is 2.56 bits per heavy atom. The Morgan fingerprint density at radius 2 is 1.87 bits per heavy atom. The zero-order valence-electron chi connectivity index (χ0n) is 23.7. The summed E-state index contributed by atoms with van der Waals surface area (Å²) >= 11 is 0. The van der Waals surface area contributed by atoms with Crippen molar-refractivity contribution in [3.63, 3.8) is 0 Å². The van der Waals surface area contributed by atoms with Crippen LogP contribution in [0.3, 0.4) is 0 Å². The van der Waals surface area contributed by atoms with Crippen LogP contribution in [0, 0.1) is 5.82 Å². The number of morpholine rings is 1. The van der Waals surface area contributed by atoms with E-state index < -0.39 is 6.10 Å². The highest BCUT2D eigenvalue weighted by molar-refractivity contribution is 5.97. The first-order valence-electron chi connectivity index (χ1n) is 14.1. The first-order chi connectivity index (χ1) is 18.5. The van der Waals surface area contributed by atoms with Gasteiger partial charge in [0.2, 0.25) is 5.91 Å². The minimum absolute atomic E-state index is 0.0409. The van der Waals surface area contributed by atoms with Crippen LogP contribution >= 0.6 is 0 Å². The third-order valence-electron chi connectivity index (χ3n) is 8.51. The standard InChI is InChI=1S/C30H42FN5O3/c1-19-13-34(25(12-32-19)14-35-20(2)16-39-17-21(35)3)15-27(37)36-18-30(4,5)29-26(36)10-23(11-33-29)28(38)22-6-8-24(31)9-7-22/h6-11,19-21,25,28,32,38H,12-18H2,1-5H3/t19-,20-,21-,25-,28?/m1/s1. The number of aromatic nitrogens is 1. The highest BCUT2D eigenvalue weighted by Crippen LogP contribution is 2.41. The molecule has 1 amide bonds. The predicted octanol–water partition coefficient (Wildman–Crippen LogP) is 2.70. The Labute approximate surface area is 231 Å². The summed E-state index contributed by atoms with van der Waals surface area (Å²) in [5.41, 5.74) is 2.46. The second-order valence-electron chi connectivity index (χ2n) is 12.3. The second-order valence-corrected chi connectivity index (χ2v) is 12.3. The Hall–Kier alpha value is -2.43. The average Bonchev–Trinajstić information content (AvgIpc) is 3.17. The Bertz CT molecular complexity index is 1170. The zero-order chi connectivity index (χ0) is 27.9. The summed E-state index contributed by atoms with van der Waals surface area (Å²) in [6.07, 6.45) is 0.710. The minimum Gasteiger partial charge on any atom is -0.384 e. The molecule has 5 atom stereocenters. The molecule has 2 N–H and O–H groups in total. The number of rotatable bonds is 6. The molecule has 0 aliphatic carbocycles. The van der Waals surface area contributed by atoms with Gasteiger partial charge in [0.15, 0.2) is 0 Å². The normalized spacial score (nSPS) is 28.3. The third-order valence-corrected chi connectivity index (χ3v) is 8.51. The lowest BCUT2D eigenvalue weighted by Gasteiger charge is -2.46. The molecule has 3 aliphatic rings. The van der Waals surface area contributed by atoms with E-state index >= 15 is 0 Å². The number of carbonyl (C=O) groups is 1. The number of nitrogens with one attached hydrogen (secondary N) is 1. The van der Waals surface area contributed by atoms with Crippen molar-refractivity contribution >= 4 is 11.6 Å². The van der Waals surface area contributed by atoms with Gasteiger partial charge in [0.1, 0.15) is 11.9 Å². The van der Waals surface area contributed by atoms with Crippen molar-refractivity contribution in [2.45, 2.75) is 70.3 Å².